The first-order chi connectivity index (χ1) is 11.9. The van der Waals surface area contributed by atoms with Gasteiger partial charge in [0.05, 0.1) is 4.92 Å². The Morgan fingerprint density at radius 1 is 1.44 bits per heavy atom. The Kier molecular flexibility index (Phi) is 6.10. The van der Waals surface area contributed by atoms with E-state index in [0.717, 1.165) is 0 Å². The quantitative estimate of drug-likeness (QED) is 0.379. The third kappa shape index (κ3) is 4.79. The number of para-hydroxylation sites is 1. The van der Waals surface area contributed by atoms with Gasteiger partial charge in [0, 0.05) is 43.1 Å². The van der Waals surface area contributed by atoms with E-state index in [1.165, 1.54) is 17.0 Å². The van der Waals surface area contributed by atoms with Gasteiger partial charge in [-0.05, 0) is 13.3 Å². The van der Waals surface area contributed by atoms with E-state index in [0.29, 0.717) is 18.4 Å². The molecule has 1 aliphatic rings. The van der Waals surface area contributed by atoms with E-state index in [1.807, 2.05) is 0 Å². The topological polar surface area (TPSA) is 110 Å². The molecular weight excluding hydrogens is 328 g/mol. The average Bonchev–Trinajstić information content (AvgIpc) is 2.55. The second-order valence-corrected chi connectivity index (χ2v) is 5.80. The molecule has 0 radical (unpaired) electrons. The van der Waals surface area contributed by atoms with Gasteiger partial charge in [-0.3, -0.25) is 10.1 Å². The lowest BCUT2D eigenvalue weighted by Gasteiger charge is -2.37. The lowest BCUT2D eigenvalue weighted by atomic mass is 9.93. The summed E-state index contributed by atoms with van der Waals surface area (Å²) in [6.45, 7) is 1.92. The van der Waals surface area contributed by atoms with Gasteiger partial charge < -0.3 is 14.7 Å². The van der Waals surface area contributed by atoms with Crippen molar-refractivity contribution >= 4 is 17.7 Å². The number of nitro groups is 1. The van der Waals surface area contributed by atoms with Gasteiger partial charge in [-0.2, -0.15) is 0 Å². The SMILES string of the molecule is CC=CC(=O)OC1CCN(C(=O)O)C(Cc2ccccc2[N+](=O)[O-])C1. The Balaban J connectivity index is 2.17. The number of rotatable bonds is 5. The predicted molar refractivity (Wildman–Crippen MR) is 89.2 cm³/mol. The molecule has 0 bridgehead atoms. The van der Waals surface area contributed by atoms with Crippen molar-refractivity contribution in [1.82, 2.24) is 4.90 Å². The fraction of sp³-hybridized carbons (Fsp3) is 0.412. The first kappa shape index (κ1) is 18.4. The van der Waals surface area contributed by atoms with Crippen LogP contribution in [-0.2, 0) is 16.0 Å². The highest BCUT2D eigenvalue weighted by Gasteiger charge is 2.34. The van der Waals surface area contributed by atoms with E-state index >= 15 is 0 Å². The van der Waals surface area contributed by atoms with Crippen LogP contribution in [0, 0.1) is 10.1 Å². The smallest absolute Gasteiger partial charge is 0.407 e. The van der Waals surface area contributed by atoms with Gasteiger partial charge in [0.2, 0.25) is 0 Å². The van der Waals surface area contributed by atoms with Crippen LogP contribution < -0.4 is 0 Å². The zero-order valence-electron chi connectivity index (χ0n) is 13.8. The number of hydrogen-bond acceptors (Lipinski definition) is 5. The molecule has 2 atom stereocenters. The summed E-state index contributed by atoms with van der Waals surface area (Å²) in [4.78, 5) is 35.0. The van der Waals surface area contributed by atoms with Gasteiger partial charge in [0.15, 0.2) is 0 Å². The van der Waals surface area contributed by atoms with Gasteiger partial charge in [-0.25, -0.2) is 9.59 Å². The monoisotopic (exact) mass is 348 g/mol. The fourth-order valence-electron chi connectivity index (χ4n) is 3.02. The van der Waals surface area contributed by atoms with Crippen LogP contribution in [0.1, 0.15) is 25.3 Å². The molecule has 8 nitrogen and oxygen atoms in total. The van der Waals surface area contributed by atoms with Crippen molar-refractivity contribution in [3.8, 4) is 0 Å². The largest absolute Gasteiger partial charge is 0.465 e. The normalized spacial score (nSPS) is 20.4. The van der Waals surface area contributed by atoms with Gasteiger partial charge in [-0.1, -0.05) is 24.3 Å². The number of ether oxygens (including phenoxy) is 1. The molecule has 0 spiro atoms. The maximum absolute atomic E-state index is 11.6. The van der Waals surface area contributed by atoms with Crippen molar-refractivity contribution in [3.05, 3.63) is 52.1 Å². The molecular formula is C17H20N2O6. The molecule has 2 unspecified atom stereocenters. The minimum atomic E-state index is -1.08. The van der Waals surface area contributed by atoms with Crippen molar-refractivity contribution < 1.29 is 24.4 Å². The van der Waals surface area contributed by atoms with Gasteiger partial charge in [-0.15, -0.1) is 0 Å². The number of benzene rings is 1. The molecule has 134 valence electrons. The number of nitrogens with zero attached hydrogens (tertiary/aromatic N) is 2. The van der Waals surface area contributed by atoms with E-state index < -0.39 is 29.1 Å². The molecule has 8 heteroatoms. The predicted octanol–water partition coefficient (Wildman–Crippen LogP) is 2.77. The van der Waals surface area contributed by atoms with Crippen molar-refractivity contribution in [2.24, 2.45) is 0 Å². The van der Waals surface area contributed by atoms with Crippen LogP contribution >= 0.6 is 0 Å². The van der Waals surface area contributed by atoms with E-state index in [1.54, 1.807) is 31.2 Å². The van der Waals surface area contributed by atoms with Crippen LogP contribution in [0.15, 0.2) is 36.4 Å². The summed E-state index contributed by atoms with van der Waals surface area (Å²) in [5.41, 5.74) is 0.421. The molecule has 1 fully saturated rings. The molecule has 25 heavy (non-hydrogen) atoms. The lowest BCUT2D eigenvalue weighted by Crippen LogP contribution is -2.48. The molecule has 1 aromatic carbocycles. The first-order valence-electron chi connectivity index (χ1n) is 7.97. The molecule has 1 N–H and O–H groups in total. The van der Waals surface area contributed by atoms with Gasteiger partial charge >= 0.3 is 12.1 Å². The van der Waals surface area contributed by atoms with Crippen molar-refractivity contribution in [2.75, 3.05) is 6.54 Å². The third-order valence-electron chi connectivity index (χ3n) is 4.14. The molecule has 2 rings (SSSR count). The Morgan fingerprint density at radius 3 is 2.80 bits per heavy atom. The fourth-order valence-corrected chi connectivity index (χ4v) is 3.02. The molecule has 1 amide bonds. The molecule has 1 aliphatic heterocycles. The van der Waals surface area contributed by atoms with Crippen molar-refractivity contribution in [3.63, 3.8) is 0 Å². The summed E-state index contributed by atoms with van der Waals surface area (Å²) in [6.07, 6.45) is 2.29. The standard InChI is InChI=1S/C17H20N2O6/c1-2-5-16(20)25-14-8-9-18(17(21)22)13(11-14)10-12-6-3-4-7-15(12)19(23)24/h2-7,13-14H,8-11H2,1H3,(H,21,22). The van der Waals surface area contributed by atoms with Crippen molar-refractivity contribution in [1.29, 1.82) is 0 Å². The number of nitro benzene ring substituents is 1. The summed E-state index contributed by atoms with van der Waals surface area (Å²) in [7, 11) is 0. The van der Waals surface area contributed by atoms with E-state index in [9.17, 15) is 24.8 Å². The number of amides is 1. The minimum Gasteiger partial charge on any atom is -0.465 e. The molecule has 0 aliphatic carbocycles. The zero-order chi connectivity index (χ0) is 18.4. The first-order valence-corrected chi connectivity index (χ1v) is 7.97. The van der Waals surface area contributed by atoms with Crippen LogP contribution in [-0.4, -0.2) is 45.7 Å². The molecule has 1 saturated heterocycles. The number of carboxylic acid groups (broad SMARTS) is 1. The molecule has 1 aromatic rings. The highest BCUT2D eigenvalue weighted by Crippen LogP contribution is 2.27. The number of hydrogen-bond donors (Lipinski definition) is 1. The van der Waals surface area contributed by atoms with E-state index in [-0.39, 0.29) is 18.7 Å². The highest BCUT2D eigenvalue weighted by atomic mass is 16.6. The van der Waals surface area contributed by atoms with Crippen LogP contribution in [0.2, 0.25) is 0 Å². The number of carbonyl (C=O) groups excluding carboxylic acids is 1. The maximum Gasteiger partial charge on any atom is 0.407 e. The second kappa shape index (κ2) is 8.27. The molecule has 1 heterocycles. The van der Waals surface area contributed by atoms with Crippen molar-refractivity contribution in [2.45, 2.75) is 38.3 Å². The summed E-state index contributed by atoms with van der Waals surface area (Å²) in [6, 6.07) is 5.77. The van der Waals surface area contributed by atoms with Gasteiger partial charge in [0.25, 0.3) is 5.69 Å². The highest BCUT2D eigenvalue weighted by molar-refractivity contribution is 5.82. The Labute approximate surface area is 144 Å². The van der Waals surface area contributed by atoms with Crippen LogP contribution in [0.25, 0.3) is 0 Å². The van der Waals surface area contributed by atoms with Crippen LogP contribution in [0.4, 0.5) is 10.5 Å². The summed E-state index contributed by atoms with van der Waals surface area (Å²) in [5.74, 6) is -0.472. The lowest BCUT2D eigenvalue weighted by molar-refractivity contribution is -0.385. The number of piperidine rings is 1. The summed E-state index contributed by atoms with van der Waals surface area (Å²) >= 11 is 0. The number of likely N-dealkylation sites (tertiary alicyclic amines) is 1. The van der Waals surface area contributed by atoms with Gasteiger partial charge in [0.1, 0.15) is 6.10 Å². The third-order valence-corrected chi connectivity index (χ3v) is 4.14. The second-order valence-electron chi connectivity index (χ2n) is 5.80. The van der Waals surface area contributed by atoms with E-state index in [2.05, 4.69) is 0 Å². The number of allylic oxidation sites excluding steroid dienone is 1. The molecule has 0 saturated carbocycles. The summed E-state index contributed by atoms with van der Waals surface area (Å²) < 4.78 is 5.33. The van der Waals surface area contributed by atoms with Crippen LogP contribution in [0.5, 0.6) is 0 Å². The Hall–Kier alpha value is -2.90. The average molecular weight is 348 g/mol. The minimum absolute atomic E-state index is 0.0409. The Morgan fingerprint density at radius 2 is 2.16 bits per heavy atom. The zero-order valence-corrected chi connectivity index (χ0v) is 13.8. The Bertz CT molecular complexity index is 687. The van der Waals surface area contributed by atoms with E-state index in [4.69, 9.17) is 4.74 Å². The molecule has 0 aromatic heterocycles. The summed E-state index contributed by atoms with van der Waals surface area (Å²) in [5, 5.41) is 20.5. The number of esters is 1. The maximum atomic E-state index is 11.6. The number of carbonyl (C=O) groups is 2. The van der Waals surface area contributed by atoms with Crippen LogP contribution in [0.3, 0.4) is 0 Å².